The topological polar surface area (TPSA) is 84.9 Å². The number of benzene rings is 4. The third kappa shape index (κ3) is 4.35. The summed E-state index contributed by atoms with van der Waals surface area (Å²) in [5, 5.41) is 10.6. The number of hydrogen-bond acceptors (Lipinski definition) is 5. The number of aromatic nitrogens is 2. The molecule has 0 amide bonds. The normalized spacial score (nSPS) is 11.8. The first kappa shape index (κ1) is 20.5. The minimum Gasteiger partial charge on any atom is -0.453 e. The molecule has 0 aliphatic heterocycles. The summed E-state index contributed by atoms with van der Waals surface area (Å²) in [7, 11) is 0. The van der Waals surface area contributed by atoms with Crippen molar-refractivity contribution in [3.05, 3.63) is 120 Å². The lowest BCUT2D eigenvalue weighted by atomic mass is 10.0. The number of nitrogens with two attached hydrogens (primary N) is 1. The van der Waals surface area contributed by atoms with Crippen LogP contribution in [0.5, 0.6) is 0 Å². The highest BCUT2D eigenvalue weighted by Crippen LogP contribution is 2.26. The molecule has 0 aliphatic carbocycles. The van der Waals surface area contributed by atoms with Crippen molar-refractivity contribution in [2.75, 3.05) is 0 Å². The van der Waals surface area contributed by atoms with Gasteiger partial charge in [0, 0.05) is 16.7 Å². The molecular weight excluding hydrogens is 408 g/mol. The summed E-state index contributed by atoms with van der Waals surface area (Å²) in [4.78, 5) is 9.44. The van der Waals surface area contributed by atoms with Crippen molar-refractivity contribution in [1.82, 2.24) is 9.97 Å². The number of nitrogens with one attached hydrogen (secondary N) is 1. The lowest BCUT2D eigenvalue weighted by Crippen LogP contribution is -2.21. The van der Waals surface area contributed by atoms with Crippen LogP contribution in [0.25, 0.3) is 33.4 Å². The van der Waals surface area contributed by atoms with Crippen molar-refractivity contribution in [1.29, 1.82) is 5.41 Å². The first-order valence-electron chi connectivity index (χ1n) is 10.7. The van der Waals surface area contributed by atoms with Crippen molar-refractivity contribution < 1.29 is 4.74 Å². The van der Waals surface area contributed by atoms with Gasteiger partial charge in [0.25, 0.3) is 0 Å². The van der Waals surface area contributed by atoms with Gasteiger partial charge < -0.3 is 4.74 Å². The molecule has 5 aromatic rings. The van der Waals surface area contributed by atoms with E-state index in [0.29, 0.717) is 17.1 Å². The van der Waals surface area contributed by atoms with Crippen LogP contribution in [0.3, 0.4) is 0 Å². The van der Waals surface area contributed by atoms with Crippen LogP contribution in [0.2, 0.25) is 0 Å². The molecule has 33 heavy (non-hydrogen) atoms. The fourth-order valence-corrected chi connectivity index (χ4v) is 3.76. The van der Waals surface area contributed by atoms with Crippen molar-refractivity contribution in [2.24, 2.45) is 5.73 Å². The van der Waals surface area contributed by atoms with E-state index >= 15 is 0 Å². The molecule has 0 bridgehead atoms. The van der Waals surface area contributed by atoms with E-state index in [0.717, 1.165) is 27.6 Å². The predicted octanol–water partition coefficient (Wildman–Crippen LogP) is 5.96. The minimum absolute atomic E-state index is 0.000402. The molecule has 0 fully saturated rings. The molecule has 0 aliphatic rings. The molecule has 1 unspecified atom stereocenters. The molecule has 4 aromatic carbocycles. The maximum atomic E-state index is 8.58. The lowest BCUT2D eigenvalue weighted by Gasteiger charge is -2.17. The number of nitrogens with zero attached hydrogens (tertiary/aromatic N) is 2. The third-order valence-corrected chi connectivity index (χ3v) is 5.42. The van der Waals surface area contributed by atoms with Gasteiger partial charge in [0.15, 0.2) is 12.1 Å². The minimum atomic E-state index is -0.926. The summed E-state index contributed by atoms with van der Waals surface area (Å²) in [6, 6.07) is 35.1. The van der Waals surface area contributed by atoms with E-state index in [9.17, 15) is 0 Å². The highest BCUT2D eigenvalue weighted by molar-refractivity contribution is 6.05. The molecule has 0 saturated carbocycles. The highest BCUT2D eigenvalue weighted by Gasteiger charge is 2.18. The molecule has 3 N–H and O–H groups in total. The third-order valence-electron chi connectivity index (χ3n) is 5.42. The number of hydrogen-bond donors (Lipinski definition) is 2. The van der Waals surface area contributed by atoms with Gasteiger partial charge in [-0.1, -0.05) is 97.1 Å². The Labute approximate surface area is 192 Å². The Morgan fingerprint density at radius 2 is 1.36 bits per heavy atom. The Morgan fingerprint density at radius 1 is 0.727 bits per heavy atom. The number of rotatable bonds is 5. The van der Waals surface area contributed by atoms with Gasteiger partial charge in [-0.15, -0.1) is 0 Å². The molecule has 5 nitrogen and oxygen atoms in total. The average Bonchev–Trinajstić information content (AvgIpc) is 2.89. The first-order valence-corrected chi connectivity index (χ1v) is 10.7. The maximum absolute atomic E-state index is 8.58. The standard InChI is InChI=1S/C28H22N4O/c29-26(23-17-9-15-19-10-7-8-16-22(19)23)33-27(30)25-18-24(20-11-3-1-4-12-20)31-28(32-25)21-13-5-2-6-14-21/h1-18,27,29H,30H2. The van der Waals surface area contributed by atoms with Gasteiger partial charge in [0.05, 0.1) is 5.69 Å². The van der Waals surface area contributed by atoms with Gasteiger partial charge in [0.1, 0.15) is 5.69 Å². The summed E-state index contributed by atoms with van der Waals surface area (Å²) in [5.74, 6) is 0.558. The Hall–Kier alpha value is -4.35. The number of fused-ring (bicyclic) bond motifs is 1. The van der Waals surface area contributed by atoms with E-state index < -0.39 is 6.23 Å². The zero-order valence-corrected chi connectivity index (χ0v) is 17.8. The Kier molecular flexibility index (Phi) is 5.62. The number of ether oxygens (including phenoxy) is 1. The van der Waals surface area contributed by atoms with Gasteiger partial charge in [-0.2, -0.15) is 0 Å². The largest absolute Gasteiger partial charge is 0.453 e. The van der Waals surface area contributed by atoms with Crippen LogP contribution in [0.1, 0.15) is 17.5 Å². The second-order valence-corrected chi connectivity index (χ2v) is 7.63. The molecule has 1 heterocycles. The van der Waals surface area contributed by atoms with E-state index in [2.05, 4.69) is 4.98 Å². The quantitative estimate of drug-likeness (QED) is 0.205. The summed E-state index contributed by atoms with van der Waals surface area (Å²) in [5.41, 5.74) is 10.2. The Bertz CT molecular complexity index is 1360. The molecule has 5 heteroatoms. The monoisotopic (exact) mass is 430 g/mol. The zero-order valence-electron chi connectivity index (χ0n) is 17.8. The summed E-state index contributed by atoms with van der Waals surface area (Å²) < 4.78 is 5.88. The fraction of sp³-hybridized carbons (Fsp3) is 0.0357. The Morgan fingerprint density at radius 3 is 2.12 bits per heavy atom. The van der Waals surface area contributed by atoms with Crippen LogP contribution in [-0.2, 0) is 4.74 Å². The molecule has 0 radical (unpaired) electrons. The molecular formula is C28H22N4O. The SMILES string of the molecule is N=C(OC(N)c1cc(-c2ccccc2)nc(-c2ccccc2)n1)c1cccc2ccccc12. The second kappa shape index (κ2) is 9.02. The molecule has 0 spiro atoms. The average molecular weight is 431 g/mol. The molecule has 5 rings (SSSR count). The van der Waals surface area contributed by atoms with E-state index in [4.69, 9.17) is 20.9 Å². The van der Waals surface area contributed by atoms with E-state index in [-0.39, 0.29) is 5.90 Å². The van der Waals surface area contributed by atoms with Gasteiger partial charge in [0.2, 0.25) is 5.90 Å². The van der Waals surface area contributed by atoms with Crippen LogP contribution >= 0.6 is 0 Å². The van der Waals surface area contributed by atoms with Crippen LogP contribution in [-0.4, -0.2) is 15.9 Å². The highest BCUT2D eigenvalue weighted by atomic mass is 16.5. The van der Waals surface area contributed by atoms with Gasteiger partial charge >= 0.3 is 0 Å². The van der Waals surface area contributed by atoms with Crippen LogP contribution in [0.15, 0.2) is 109 Å². The second-order valence-electron chi connectivity index (χ2n) is 7.63. The molecule has 160 valence electrons. The van der Waals surface area contributed by atoms with Crippen molar-refractivity contribution >= 4 is 16.7 Å². The van der Waals surface area contributed by atoms with Crippen molar-refractivity contribution in [3.63, 3.8) is 0 Å². The summed E-state index contributed by atoms with van der Waals surface area (Å²) in [6.07, 6.45) is -0.926. The molecule has 1 atom stereocenters. The van der Waals surface area contributed by atoms with E-state index in [1.807, 2.05) is 109 Å². The zero-order chi connectivity index (χ0) is 22.6. The van der Waals surface area contributed by atoms with Crippen LogP contribution in [0.4, 0.5) is 0 Å². The van der Waals surface area contributed by atoms with Crippen LogP contribution in [0, 0.1) is 5.41 Å². The van der Waals surface area contributed by atoms with Crippen molar-refractivity contribution in [2.45, 2.75) is 6.23 Å². The fourth-order valence-electron chi connectivity index (χ4n) is 3.76. The molecule has 1 aromatic heterocycles. The Balaban J connectivity index is 1.51. The van der Waals surface area contributed by atoms with Crippen LogP contribution < -0.4 is 5.73 Å². The predicted molar refractivity (Wildman–Crippen MR) is 132 cm³/mol. The smallest absolute Gasteiger partial charge is 0.215 e. The van der Waals surface area contributed by atoms with Crippen molar-refractivity contribution in [3.8, 4) is 22.6 Å². The van der Waals surface area contributed by atoms with Gasteiger partial charge in [-0.3, -0.25) is 11.1 Å². The summed E-state index contributed by atoms with van der Waals surface area (Å²) in [6.45, 7) is 0. The summed E-state index contributed by atoms with van der Waals surface area (Å²) >= 11 is 0. The lowest BCUT2D eigenvalue weighted by molar-refractivity contribution is 0.194. The first-order chi connectivity index (χ1) is 16.2. The van der Waals surface area contributed by atoms with E-state index in [1.54, 1.807) is 0 Å². The maximum Gasteiger partial charge on any atom is 0.215 e. The molecule has 0 saturated heterocycles. The van der Waals surface area contributed by atoms with E-state index in [1.165, 1.54) is 0 Å². The van der Waals surface area contributed by atoms with Gasteiger partial charge in [-0.05, 0) is 22.9 Å². The van der Waals surface area contributed by atoms with Gasteiger partial charge in [-0.25, -0.2) is 9.97 Å².